The Kier molecular flexibility index (Phi) is 5.02. The highest BCUT2D eigenvalue weighted by molar-refractivity contribution is 8.18. The summed E-state index contributed by atoms with van der Waals surface area (Å²) in [5.74, 6) is -2.30. The van der Waals surface area contributed by atoms with Gasteiger partial charge in [0.05, 0.1) is 4.91 Å². The Morgan fingerprint density at radius 2 is 2.00 bits per heavy atom. The van der Waals surface area contributed by atoms with E-state index in [9.17, 15) is 19.2 Å². The normalized spacial score (nSPS) is 16.0. The first kappa shape index (κ1) is 16.6. The van der Waals surface area contributed by atoms with E-state index in [1.165, 1.54) is 6.08 Å². The van der Waals surface area contributed by atoms with Crippen LogP contribution in [0.3, 0.4) is 0 Å². The maximum atomic E-state index is 12.1. The SMILES string of the molecule is NC(=O)CN1C(=O)S/C(=C\c2ccccc2OCC(=O)O)C1=O. The zero-order valence-electron chi connectivity index (χ0n) is 11.7. The third kappa shape index (κ3) is 4.10. The number of carbonyl (C=O) groups is 4. The number of thioether (sulfide) groups is 1. The molecular weight excluding hydrogens is 324 g/mol. The summed E-state index contributed by atoms with van der Waals surface area (Å²) in [6.07, 6.45) is 1.41. The Morgan fingerprint density at radius 3 is 2.65 bits per heavy atom. The van der Waals surface area contributed by atoms with E-state index >= 15 is 0 Å². The van der Waals surface area contributed by atoms with Crippen molar-refractivity contribution in [2.75, 3.05) is 13.2 Å². The number of carboxylic acid groups (broad SMARTS) is 1. The molecular formula is C14H12N2O6S. The zero-order chi connectivity index (χ0) is 17.0. The molecule has 1 aliphatic rings. The van der Waals surface area contributed by atoms with Crippen LogP contribution in [0.4, 0.5) is 4.79 Å². The predicted molar refractivity (Wildman–Crippen MR) is 81.4 cm³/mol. The van der Waals surface area contributed by atoms with Gasteiger partial charge >= 0.3 is 5.97 Å². The quantitative estimate of drug-likeness (QED) is 0.731. The molecule has 0 unspecified atom stereocenters. The maximum absolute atomic E-state index is 12.1. The number of rotatable bonds is 6. The van der Waals surface area contributed by atoms with Crippen molar-refractivity contribution in [1.29, 1.82) is 0 Å². The van der Waals surface area contributed by atoms with Crippen molar-refractivity contribution < 1.29 is 29.0 Å². The Balaban J connectivity index is 2.25. The van der Waals surface area contributed by atoms with Crippen LogP contribution < -0.4 is 10.5 Å². The van der Waals surface area contributed by atoms with E-state index in [0.717, 1.165) is 4.90 Å². The summed E-state index contributed by atoms with van der Waals surface area (Å²) in [4.78, 5) is 46.1. The molecule has 1 aliphatic heterocycles. The minimum Gasteiger partial charge on any atom is -0.481 e. The van der Waals surface area contributed by atoms with E-state index in [-0.39, 0.29) is 10.7 Å². The average Bonchev–Trinajstić information content (AvgIpc) is 2.73. The summed E-state index contributed by atoms with van der Waals surface area (Å²) in [6, 6.07) is 6.47. The molecule has 2 rings (SSSR count). The first-order chi connectivity index (χ1) is 10.9. The smallest absolute Gasteiger partial charge is 0.341 e. The average molecular weight is 336 g/mol. The largest absolute Gasteiger partial charge is 0.481 e. The third-order valence-corrected chi connectivity index (χ3v) is 3.65. The van der Waals surface area contributed by atoms with Gasteiger partial charge in [-0.15, -0.1) is 0 Å². The number of aliphatic carboxylic acids is 1. The summed E-state index contributed by atoms with van der Waals surface area (Å²) in [5.41, 5.74) is 5.44. The first-order valence-electron chi connectivity index (χ1n) is 6.36. The highest BCUT2D eigenvalue weighted by Crippen LogP contribution is 2.33. The molecule has 0 aromatic heterocycles. The lowest BCUT2D eigenvalue weighted by atomic mass is 10.2. The Bertz CT molecular complexity index is 715. The van der Waals surface area contributed by atoms with Crippen molar-refractivity contribution in [3.8, 4) is 5.75 Å². The second-order valence-corrected chi connectivity index (χ2v) is 5.45. The highest BCUT2D eigenvalue weighted by atomic mass is 32.2. The molecule has 0 spiro atoms. The summed E-state index contributed by atoms with van der Waals surface area (Å²) >= 11 is 0.671. The summed E-state index contributed by atoms with van der Waals surface area (Å²) in [7, 11) is 0. The second kappa shape index (κ2) is 6.97. The molecule has 0 radical (unpaired) electrons. The molecule has 8 nitrogen and oxygen atoms in total. The number of ether oxygens (including phenoxy) is 1. The molecule has 3 amide bonds. The minimum absolute atomic E-state index is 0.0997. The molecule has 0 bridgehead atoms. The fourth-order valence-electron chi connectivity index (χ4n) is 1.80. The number of imide groups is 1. The van der Waals surface area contributed by atoms with E-state index in [2.05, 4.69) is 0 Å². The van der Waals surface area contributed by atoms with Crippen LogP contribution >= 0.6 is 11.8 Å². The lowest BCUT2D eigenvalue weighted by Gasteiger charge is -2.09. The van der Waals surface area contributed by atoms with Crippen molar-refractivity contribution in [3.63, 3.8) is 0 Å². The van der Waals surface area contributed by atoms with Gasteiger partial charge in [0.1, 0.15) is 12.3 Å². The van der Waals surface area contributed by atoms with E-state index in [1.807, 2.05) is 0 Å². The van der Waals surface area contributed by atoms with Crippen molar-refractivity contribution in [2.24, 2.45) is 5.73 Å². The van der Waals surface area contributed by atoms with Crippen LogP contribution in [0.15, 0.2) is 29.2 Å². The lowest BCUT2D eigenvalue weighted by Crippen LogP contribution is -2.36. The van der Waals surface area contributed by atoms with Crippen LogP contribution in [-0.4, -0.2) is 46.2 Å². The molecule has 0 aliphatic carbocycles. The van der Waals surface area contributed by atoms with Crippen molar-refractivity contribution in [3.05, 3.63) is 34.7 Å². The predicted octanol–water partition coefficient (Wildman–Crippen LogP) is 0.672. The van der Waals surface area contributed by atoms with E-state index in [4.69, 9.17) is 15.6 Å². The number of benzene rings is 1. The standard InChI is InChI=1S/C14H12N2O6S/c15-11(17)6-16-13(20)10(23-14(16)21)5-8-3-1-2-4-9(8)22-7-12(18)19/h1-5H,6-7H2,(H2,15,17)(H,18,19)/b10-5-. The van der Waals surface area contributed by atoms with Crippen LogP contribution in [0.5, 0.6) is 5.75 Å². The van der Waals surface area contributed by atoms with Crippen LogP contribution in [0.25, 0.3) is 6.08 Å². The van der Waals surface area contributed by atoms with Crippen molar-refractivity contribution in [1.82, 2.24) is 4.90 Å². The highest BCUT2D eigenvalue weighted by Gasteiger charge is 2.35. The second-order valence-electron chi connectivity index (χ2n) is 4.45. The number of hydrogen-bond donors (Lipinski definition) is 2. The number of carbonyl (C=O) groups excluding carboxylic acids is 3. The van der Waals surface area contributed by atoms with Gasteiger partial charge in [-0.2, -0.15) is 0 Å². The van der Waals surface area contributed by atoms with Crippen molar-refractivity contribution >= 4 is 40.9 Å². The third-order valence-electron chi connectivity index (χ3n) is 2.74. The fourth-order valence-corrected chi connectivity index (χ4v) is 2.63. The van der Waals surface area contributed by atoms with Gasteiger partial charge in [0, 0.05) is 5.56 Å². The number of carboxylic acids is 1. The molecule has 1 aromatic rings. The molecule has 9 heteroatoms. The number of nitrogens with zero attached hydrogens (tertiary/aromatic N) is 1. The molecule has 23 heavy (non-hydrogen) atoms. The van der Waals surface area contributed by atoms with Gasteiger partial charge in [-0.3, -0.25) is 19.3 Å². The Morgan fingerprint density at radius 1 is 1.30 bits per heavy atom. The van der Waals surface area contributed by atoms with E-state index in [0.29, 0.717) is 17.3 Å². The van der Waals surface area contributed by atoms with Crippen molar-refractivity contribution in [2.45, 2.75) is 0 Å². The molecule has 1 fully saturated rings. The summed E-state index contributed by atoms with van der Waals surface area (Å²) in [6.45, 7) is -1.02. The molecule has 1 heterocycles. The fraction of sp³-hybridized carbons (Fsp3) is 0.143. The first-order valence-corrected chi connectivity index (χ1v) is 7.17. The lowest BCUT2D eigenvalue weighted by molar-refractivity contribution is -0.139. The molecule has 1 aromatic carbocycles. The van der Waals surface area contributed by atoms with Crippen LogP contribution in [0, 0.1) is 0 Å². The van der Waals surface area contributed by atoms with E-state index < -0.39 is 36.2 Å². The number of hydrogen-bond acceptors (Lipinski definition) is 6. The maximum Gasteiger partial charge on any atom is 0.341 e. The molecule has 1 saturated heterocycles. The van der Waals surface area contributed by atoms with Crippen LogP contribution in [-0.2, 0) is 14.4 Å². The molecule has 0 saturated carbocycles. The number of primary amides is 1. The van der Waals surface area contributed by atoms with Crippen LogP contribution in [0.1, 0.15) is 5.56 Å². The minimum atomic E-state index is -1.14. The number of nitrogens with two attached hydrogens (primary N) is 1. The van der Waals surface area contributed by atoms with Gasteiger partial charge in [0.25, 0.3) is 11.1 Å². The molecule has 0 atom stereocenters. The zero-order valence-corrected chi connectivity index (χ0v) is 12.5. The monoisotopic (exact) mass is 336 g/mol. The molecule has 120 valence electrons. The van der Waals surface area contributed by atoms with E-state index in [1.54, 1.807) is 24.3 Å². The molecule has 3 N–H and O–H groups in total. The number of para-hydroxylation sites is 1. The van der Waals surface area contributed by atoms with Gasteiger partial charge in [-0.05, 0) is 23.9 Å². The van der Waals surface area contributed by atoms with Gasteiger partial charge in [0.2, 0.25) is 5.91 Å². The summed E-state index contributed by atoms with van der Waals surface area (Å²) in [5, 5.41) is 8.06. The van der Waals surface area contributed by atoms with Gasteiger partial charge in [0.15, 0.2) is 6.61 Å². The number of amides is 3. The summed E-state index contributed by atoms with van der Waals surface area (Å²) < 4.78 is 5.13. The topological polar surface area (TPSA) is 127 Å². The van der Waals surface area contributed by atoms with Crippen LogP contribution in [0.2, 0.25) is 0 Å². The van der Waals surface area contributed by atoms with Gasteiger partial charge in [-0.25, -0.2) is 4.79 Å². The Hall–Kier alpha value is -2.81. The van der Waals surface area contributed by atoms with Gasteiger partial charge in [-0.1, -0.05) is 18.2 Å². The Labute approximate surface area is 134 Å². The van der Waals surface area contributed by atoms with Gasteiger partial charge < -0.3 is 15.6 Å².